The summed E-state index contributed by atoms with van der Waals surface area (Å²) in [6, 6.07) is 18.6. The summed E-state index contributed by atoms with van der Waals surface area (Å²) < 4.78 is 21.5. The highest BCUT2D eigenvalue weighted by atomic mass is 16.5. The van der Waals surface area contributed by atoms with Crippen molar-refractivity contribution < 1.29 is 33.3 Å². The van der Waals surface area contributed by atoms with Gasteiger partial charge in [0.15, 0.2) is 30.5 Å². The maximum absolute atomic E-state index is 12.8. The number of hydrogen-bond donors (Lipinski definition) is 1. The van der Waals surface area contributed by atoms with Crippen LogP contribution in [0.25, 0.3) is 0 Å². The number of fused-ring (bicyclic) bond motifs is 1. The second-order valence-electron chi connectivity index (χ2n) is 7.59. The van der Waals surface area contributed by atoms with E-state index in [1.54, 1.807) is 67.8 Å². The molecule has 9 heteroatoms. The third-order valence-electron chi connectivity index (χ3n) is 5.33. The van der Waals surface area contributed by atoms with E-state index in [9.17, 15) is 14.4 Å². The number of ketones is 1. The normalized spacial score (nSPS) is 12.3. The van der Waals surface area contributed by atoms with Crippen LogP contribution in [0.2, 0.25) is 0 Å². The van der Waals surface area contributed by atoms with Gasteiger partial charge in [-0.3, -0.25) is 19.3 Å². The van der Waals surface area contributed by atoms with Crippen molar-refractivity contribution >= 4 is 29.0 Å². The number of carbonyl (C=O) groups is 3. The van der Waals surface area contributed by atoms with Gasteiger partial charge in [0.2, 0.25) is 5.91 Å². The number of hydrogen-bond acceptors (Lipinski definition) is 7. The molecule has 0 saturated heterocycles. The fourth-order valence-corrected chi connectivity index (χ4v) is 3.53. The number of benzene rings is 3. The highest BCUT2D eigenvalue weighted by Crippen LogP contribution is 2.33. The first-order valence-corrected chi connectivity index (χ1v) is 10.8. The molecule has 0 unspecified atom stereocenters. The minimum Gasteiger partial charge on any atom is -0.497 e. The average Bonchev–Trinajstić information content (AvgIpc) is 2.89. The SMILES string of the molecule is COc1ccc(NC(=O)CN2C(=O)COc3ccc(C(=O)COc4ccccc4OC)cc32)cc1. The molecule has 3 aromatic rings. The number of carbonyl (C=O) groups excluding carboxylic acids is 3. The zero-order valence-electron chi connectivity index (χ0n) is 19.3. The summed E-state index contributed by atoms with van der Waals surface area (Å²) in [5.41, 5.74) is 1.22. The predicted octanol–water partition coefficient (Wildman–Crippen LogP) is 3.33. The van der Waals surface area contributed by atoms with Gasteiger partial charge in [0.05, 0.1) is 19.9 Å². The molecule has 35 heavy (non-hydrogen) atoms. The van der Waals surface area contributed by atoms with Gasteiger partial charge in [-0.2, -0.15) is 0 Å². The number of nitrogens with zero attached hydrogens (tertiary/aromatic N) is 1. The van der Waals surface area contributed by atoms with Crippen molar-refractivity contribution in [3.05, 3.63) is 72.3 Å². The van der Waals surface area contributed by atoms with Gasteiger partial charge in [-0.1, -0.05) is 12.1 Å². The fourth-order valence-electron chi connectivity index (χ4n) is 3.53. The summed E-state index contributed by atoms with van der Waals surface area (Å²) in [4.78, 5) is 39.3. The topological polar surface area (TPSA) is 103 Å². The van der Waals surface area contributed by atoms with Crippen LogP contribution in [0.1, 0.15) is 10.4 Å². The number of methoxy groups -OCH3 is 2. The van der Waals surface area contributed by atoms with E-state index < -0.39 is 11.8 Å². The van der Waals surface area contributed by atoms with Gasteiger partial charge < -0.3 is 24.3 Å². The van der Waals surface area contributed by atoms with E-state index in [0.717, 1.165) is 0 Å². The molecule has 4 rings (SSSR count). The molecule has 0 atom stereocenters. The molecule has 1 aliphatic rings. The maximum atomic E-state index is 12.8. The Balaban J connectivity index is 1.47. The number of amides is 2. The van der Waals surface area contributed by atoms with Crippen molar-refractivity contribution in [2.24, 2.45) is 0 Å². The summed E-state index contributed by atoms with van der Waals surface area (Å²) in [6.07, 6.45) is 0. The van der Waals surface area contributed by atoms with E-state index in [0.29, 0.717) is 39.9 Å². The second kappa shape index (κ2) is 10.6. The number of para-hydroxylation sites is 2. The Morgan fingerprint density at radius 3 is 2.43 bits per heavy atom. The molecular weight excluding hydrogens is 452 g/mol. The first kappa shape index (κ1) is 23.6. The van der Waals surface area contributed by atoms with Gasteiger partial charge in [0.25, 0.3) is 5.91 Å². The van der Waals surface area contributed by atoms with Crippen molar-refractivity contribution in [3.63, 3.8) is 0 Å². The lowest BCUT2D eigenvalue weighted by molar-refractivity contribution is -0.123. The first-order chi connectivity index (χ1) is 17.0. The molecule has 1 heterocycles. The molecule has 180 valence electrons. The van der Waals surface area contributed by atoms with Gasteiger partial charge in [-0.25, -0.2) is 0 Å². The van der Waals surface area contributed by atoms with E-state index in [4.69, 9.17) is 18.9 Å². The quantitative estimate of drug-likeness (QED) is 0.473. The molecule has 0 aliphatic carbocycles. The summed E-state index contributed by atoms with van der Waals surface area (Å²) in [6.45, 7) is -0.671. The molecule has 0 spiro atoms. The third kappa shape index (κ3) is 5.52. The second-order valence-corrected chi connectivity index (χ2v) is 7.59. The lowest BCUT2D eigenvalue weighted by Crippen LogP contribution is -2.43. The minimum atomic E-state index is -0.396. The van der Waals surface area contributed by atoms with E-state index in [1.165, 1.54) is 18.1 Å². The molecule has 1 N–H and O–H groups in total. The molecule has 3 aromatic carbocycles. The van der Waals surface area contributed by atoms with Gasteiger partial charge in [-0.05, 0) is 54.6 Å². The smallest absolute Gasteiger partial charge is 0.265 e. The summed E-state index contributed by atoms with van der Waals surface area (Å²) in [7, 11) is 3.07. The van der Waals surface area contributed by atoms with Crippen molar-refractivity contribution in [1.29, 1.82) is 0 Å². The van der Waals surface area contributed by atoms with E-state index in [2.05, 4.69) is 5.32 Å². The lowest BCUT2D eigenvalue weighted by Gasteiger charge is -2.29. The fraction of sp³-hybridized carbons (Fsp3) is 0.192. The highest BCUT2D eigenvalue weighted by molar-refractivity contribution is 6.06. The van der Waals surface area contributed by atoms with Crippen molar-refractivity contribution in [2.75, 3.05) is 44.2 Å². The van der Waals surface area contributed by atoms with E-state index in [-0.39, 0.29) is 25.5 Å². The standard InChI is InChI=1S/C26H24N2O7/c1-32-19-10-8-18(9-11-19)27-25(30)14-28-20-13-17(7-12-22(20)35-16-26(28)31)21(29)15-34-24-6-4-3-5-23(24)33-2/h3-13H,14-16H2,1-2H3,(H,27,30). The number of ether oxygens (including phenoxy) is 4. The summed E-state index contributed by atoms with van der Waals surface area (Å²) in [5, 5.41) is 2.75. The monoisotopic (exact) mass is 476 g/mol. The van der Waals surface area contributed by atoms with Crippen LogP contribution in [0.5, 0.6) is 23.0 Å². The van der Waals surface area contributed by atoms with E-state index >= 15 is 0 Å². The van der Waals surface area contributed by atoms with Crippen molar-refractivity contribution in [1.82, 2.24) is 0 Å². The molecule has 0 bridgehead atoms. The Kier molecular flexibility index (Phi) is 7.15. The van der Waals surface area contributed by atoms with Crippen LogP contribution in [0, 0.1) is 0 Å². The van der Waals surface area contributed by atoms with Gasteiger partial charge in [0.1, 0.15) is 18.0 Å². The number of anilines is 2. The maximum Gasteiger partial charge on any atom is 0.265 e. The first-order valence-electron chi connectivity index (χ1n) is 10.8. The molecular formula is C26H24N2O7. The Labute approximate surface area is 202 Å². The Hall–Kier alpha value is -4.53. The molecule has 0 aromatic heterocycles. The molecule has 0 saturated carbocycles. The average molecular weight is 476 g/mol. The zero-order chi connectivity index (χ0) is 24.8. The zero-order valence-corrected chi connectivity index (χ0v) is 19.3. The summed E-state index contributed by atoms with van der Waals surface area (Å²) in [5.74, 6) is 0.927. The molecule has 9 nitrogen and oxygen atoms in total. The molecule has 2 amide bonds. The van der Waals surface area contributed by atoms with Crippen LogP contribution in [0.15, 0.2) is 66.7 Å². The predicted molar refractivity (Wildman–Crippen MR) is 129 cm³/mol. The van der Waals surface area contributed by atoms with Crippen LogP contribution in [0.3, 0.4) is 0 Å². The van der Waals surface area contributed by atoms with E-state index in [1.807, 2.05) is 0 Å². The minimum absolute atomic E-state index is 0.201. The van der Waals surface area contributed by atoms with Crippen LogP contribution in [-0.4, -0.2) is 51.6 Å². The Morgan fingerprint density at radius 1 is 0.971 bits per heavy atom. The number of rotatable bonds is 9. The van der Waals surface area contributed by atoms with Gasteiger partial charge >= 0.3 is 0 Å². The van der Waals surface area contributed by atoms with Gasteiger partial charge in [-0.15, -0.1) is 0 Å². The van der Waals surface area contributed by atoms with Crippen LogP contribution in [-0.2, 0) is 9.59 Å². The molecule has 1 aliphatic heterocycles. The molecule has 0 fully saturated rings. The summed E-state index contributed by atoms with van der Waals surface area (Å²) >= 11 is 0. The van der Waals surface area contributed by atoms with Gasteiger partial charge in [0, 0.05) is 11.3 Å². The van der Waals surface area contributed by atoms with Crippen molar-refractivity contribution in [3.8, 4) is 23.0 Å². The van der Waals surface area contributed by atoms with Crippen LogP contribution < -0.4 is 29.2 Å². The number of nitrogens with one attached hydrogen (secondary N) is 1. The van der Waals surface area contributed by atoms with Crippen LogP contribution in [0.4, 0.5) is 11.4 Å². The number of Topliss-reactive ketones (excluding diaryl/α,β-unsaturated/α-hetero) is 1. The largest absolute Gasteiger partial charge is 0.497 e. The van der Waals surface area contributed by atoms with Crippen molar-refractivity contribution in [2.45, 2.75) is 0 Å². The lowest BCUT2D eigenvalue weighted by atomic mass is 10.1. The van der Waals surface area contributed by atoms with Crippen LogP contribution >= 0.6 is 0 Å². The molecule has 0 radical (unpaired) electrons. The Bertz CT molecular complexity index is 1240. The highest BCUT2D eigenvalue weighted by Gasteiger charge is 2.28. The Morgan fingerprint density at radius 2 is 1.71 bits per heavy atom. The third-order valence-corrected chi connectivity index (χ3v) is 5.33.